The summed E-state index contributed by atoms with van der Waals surface area (Å²) in [4.78, 5) is 102. The second-order valence-corrected chi connectivity index (χ2v) is 32.1. The second-order valence-electron chi connectivity index (χ2n) is 32.1. The molecule has 0 unspecified atom stereocenters. The second kappa shape index (κ2) is 40.4. The van der Waals surface area contributed by atoms with Gasteiger partial charge in [0.05, 0.1) is 62.6 Å². The number of amides is 4. The van der Waals surface area contributed by atoms with Crippen LogP contribution < -0.4 is 76.4 Å². The van der Waals surface area contributed by atoms with E-state index in [9.17, 15) is 48.9 Å². The van der Waals surface area contributed by atoms with Gasteiger partial charge in [0, 0.05) is 146 Å². The molecule has 6 aliphatic carbocycles. The Kier molecular flexibility index (Phi) is 32.8. The van der Waals surface area contributed by atoms with E-state index in [2.05, 4.69) is 68.1 Å². The number of fused-ring (bicyclic) bond motifs is 4. The minimum atomic E-state index is -0.984. The number of hydrogen-bond acceptors (Lipinski definition) is 19. The van der Waals surface area contributed by atoms with Gasteiger partial charge in [-0.1, -0.05) is 108 Å². The average Bonchev–Trinajstić information content (AvgIpc) is 0.976. The van der Waals surface area contributed by atoms with Crippen molar-refractivity contribution < 1.29 is 104 Å². The minimum absolute atomic E-state index is 0. The molecule has 605 valence electrons. The van der Waals surface area contributed by atoms with Gasteiger partial charge in [-0.15, -0.1) is 0 Å². The summed E-state index contributed by atoms with van der Waals surface area (Å²) >= 11 is 0. The number of para-hydroxylation sites is 1. The van der Waals surface area contributed by atoms with Gasteiger partial charge < -0.3 is 73.4 Å². The summed E-state index contributed by atoms with van der Waals surface area (Å²) < 4.78 is 11.4. The summed E-state index contributed by atoms with van der Waals surface area (Å²) in [5.41, 5.74) is 15.2. The first kappa shape index (κ1) is 91.9. The molecule has 27 heteroatoms. The summed E-state index contributed by atoms with van der Waals surface area (Å²) in [5, 5.41) is 58.7. The smallest absolute Gasteiger partial charge is 1.00 e. The number of hydrogen-bond donors (Lipinski definition) is 10. The number of aliphatic hydroxyl groups is 2. The SMILES string of the molecule is CNC(=O)c1cc(-c2cccc(CN3O[C@@H](CNCc4ccc(C(=O)O)cc4)[C@@H]([C@H](C)O)[C@H]3C(=O)N[C@H]3C[C@H]4C[C@@H]([C@@H]3C)C4(C)C)c2OC)cc(N(C)C)c1.CNC(=O)c1cc(C(/C=C\C=C\CN2O[C@@H](CN)[C@@H]([C@H](C)O)[C@H]2C(=O)N[C@H]2C[C@H]3C[C@@H]([C@@H]2C)C3(C)C)=C\OC)cc(N(C)C)c1.O=Cc1ccc(C(=O)O)cc1.[B].[H-].[Na+]. The molecule has 4 amide bonds. The van der Waals surface area contributed by atoms with Gasteiger partial charge >= 0.3 is 41.5 Å². The molecule has 2 aliphatic heterocycles. The molecule has 8 fully saturated rings. The van der Waals surface area contributed by atoms with Crippen LogP contribution in [-0.2, 0) is 37.1 Å². The molecule has 6 saturated carbocycles. The van der Waals surface area contributed by atoms with Gasteiger partial charge in [-0.05, 0) is 163 Å². The molecule has 5 aromatic rings. The molecule has 4 bridgehead atoms. The Morgan fingerprint density at radius 2 is 1.16 bits per heavy atom. The molecule has 0 spiro atoms. The molecule has 3 radical (unpaired) electrons. The van der Waals surface area contributed by atoms with Crippen LogP contribution in [0.15, 0.2) is 134 Å². The molecule has 5 aromatic carbocycles. The number of hydroxylamine groups is 4. The van der Waals surface area contributed by atoms with Crippen LogP contribution in [0.2, 0.25) is 0 Å². The monoisotopic (exact) mass is 1560 g/mol. The first-order valence-electron chi connectivity index (χ1n) is 38.4. The molecule has 0 aromatic heterocycles. The van der Waals surface area contributed by atoms with Crippen molar-refractivity contribution in [2.24, 2.45) is 63.9 Å². The van der Waals surface area contributed by atoms with Gasteiger partial charge in [0.15, 0.2) is 0 Å². The van der Waals surface area contributed by atoms with Crippen LogP contribution in [0.25, 0.3) is 16.7 Å². The quantitative estimate of drug-likeness (QED) is 0.0115. The van der Waals surface area contributed by atoms with E-state index in [1.54, 1.807) is 82.8 Å². The normalized spacial score (nSPS) is 25.6. The number of nitrogens with one attached hydrogen (secondary N) is 5. The van der Waals surface area contributed by atoms with Crippen LogP contribution in [0.5, 0.6) is 5.75 Å². The number of allylic oxidation sites excluding steroid dienone is 4. The zero-order valence-corrected chi connectivity index (χ0v) is 70.6. The Bertz CT molecular complexity index is 4220. The number of carbonyl (C=O) groups excluding carboxylic acids is 5. The van der Waals surface area contributed by atoms with Crippen LogP contribution in [0.3, 0.4) is 0 Å². The van der Waals surface area contributed by atoms with E-state index >= 15 is 0 Å². The van der Waals surface area contributed by atoms with Crippen molar-refractivity contribution in [2.45, 2.75) is 143 Å². The molecule has 2 heterocycles. The topological polar surface area (TPSA) is 336 Å². The van der Waals surface area contributed by atoms with Crippen molar-refractivity contribution in [3.05, 3.63) is 178 Å². The number of carbonyl (C=O) groups is 7. The summed E-state index contributed by atoms with van der Waals surface area (Å²) in [6, 6.07) is 28.3. The molecular weight excluding hydrogens is 1450 g/mol. The van der Waals surface area contributed by atoms with E-state index in [4.69, 9.17) is 30.0 Å². The van der Waals surface area contributed by atoms with Gasteiger partial charge in [0.1, 0.15) is 24.1 Å². The fourth-order valence-electron chi connectivity index (χ4n) is 17.6. The van der Waals surface area contributed by atoms with E-state index in [-0.39, 0.29) is 105 Å². The van der Waals surface area contributed by atoms with Crippen LogP contribution in [-0.4, -0.2) is 206 Å². The molecule has 13 rings (SSSR count). The maximum Gasteiger partial charge on any atom is 1.00 e. The number of methoxy groups -OCH3 is 2. The zero-order valence-electron chi connectivity index (χ0n) is 69.6. The molecule has 16 atom stereocenters. The third-order valence-corrected chi connectivity index (χ3v) is 24.3. The van der Waals surface area contributed by atoms with Crippen molar-refractivity contribution in [3.8, 4) is 16.9 Å². The fourth-order valence-corrected chi connectivity index (χ4v) is 17.6. The molecule has 25 nitrogen and oxygen atoms in total. The summed E-state index contributed by atoms with van der Waals surface area (Å²) in [6.45, 7) is 18.8. The number of aromatic carboxylic acids is 2. The number of carboxylic acids is 2. The van der Waals surface area contributed by atoms with Crippen LogP contribution in [0.1, 0.15) is 151 Å². The van der Waals surface area contributed by atoms with Gasteiger partial charge in [-0.3, -0.25) is 33.6 Å². The van der Waals surface area contributed by atoms with Gasteiger partial charge in [-0.2, -0.15) is 10.1 Å². The number of aliphatic hydroxyl groups excluding tert-OH is 2. The van der Waals surface area contributed by atoms with E-state index < -0.39 is 60.3 Å². The Morgan fingerprint density at radius 3 is 1.63 bits per heavy atom. The van der Waals surface area contributed by atoms with Crippen molar-refractivity contribution in [1.29, 1.82) is 0 Å². The summed E-state index contributed by atoms with van der Waals surface area (Å²) in [6.07, 6.45) is 11.6. The Hall–Kier alpha value is -8.25. The van der Waals surface area contributed by atoms with Crippen LogP contribution in [0.4, 0.5) is 11.4 Å². The number of nitrogens with two attached hydrogens (primary N) is 1. The zero-order chi connectivity index (χ0) is 81.1. The fraction of sp³-hybridized carbons (Fsp3) is 0.500. The Morgan fingerprint density at radius 1 is 0.664 bits per heavy atom. The van der Waals surface area contributed by atoms with Crippen molar-refractivity contribution >= 4 is 67.2 Å². The van der Waals surface area contributed by atoms with E-state index in [0.717, 1.165) is 57.6 Å². The minimum Gasteiger partial charge on any atom is -1.00 e. The van der Waals surface area contributed by atoms with Crippen molar-refractivity contribution in [3.63, 3.8) is 0 Å². The first-order valence-corrected chi connectivity index (χ1v) is 38.4. The standard InChI is InChI=1S/C43H57N5O7.C35H53N5O5.C8H6O3.B.Na.H/c1-24-34-19-31(43(34,3)4)20-35(24)46-41(51)38-37(25(2)49)36(22-45-21-26-12-14-27(15-13-26)42(52)53)55-48(38)23-28-10-9-11-33(39(28)54-8)29-16-30(40(50)44-5)18-32(17-29)47(6)7;1-21-28-17-26(35(28,3)4)18-29(21)38-34(43)32-31(22(2)41)30(19-36)45-40(32)13-11-9-10-12-23(20-44-8)24-14-25(33(42)37-5)16-27(15-24)39(6)7;9-5-6-1-3-7(4-2-6)8(10)11;;;/h9-18,24-25,31,34-38,45,49H,19-23H2,1-8H3,(H,44,50)(H,46,51)(H,52,53);9-12,14-16,20-22,26,28-32,41H,13,17-19,36H2,1-8H3,(H,37,42)(H,38,43);1-5H,(H,10,11);;;/q;;;;+1;-1/b;11-9+,12-10-,23-20-;;;;/t24-,25-,31+,34-,35-,36-,37+,38-;21-,22-,26+,28-,29-,30-,31+,32-;;;;/m00..../s1. The third kappa shape index (κ3) is 21.3. The van der Waals surface area contributed by atoms with Gasteiger partial charge in [0.2, 0.25) is 11.8 Å². The molecule has 113 heavy (non-hydrogen) atoms. The summed E-state index contributed by atoms with van der Waals surface area (Å²) in [5.74, 6) is 0.0101. The average molecular weight is 1560 g/mol. The van der Waals surface area contributed by atoms with E-state index in [1.807, 2.05) is 117 Å². The molecule has 8 aliphatic rings. The third-order valence-electron chi connectivity index (χ3n) is 24.3. The van der Waals surface area contributed by atoms with Gasteiger partial charge in [0.25, 0.3) is 11.8 Å². The van der Waals surface area contributed by atoms with Crippen molar-refractivity contribution in [1.82, 2.24) is 36.7 Å². The number of anilines is 2. The number of aldehydes is 1. The maximum absolute atomic E-state index is 14.6. The molecule has 2 saturated heterocycles. The van der Waals surface area contributed by atoms with E-state index in [1.165, 1.54) is 37.1 Å². The number of nitrogens with zero attached hydrogens (tertiary/aromatic N) is 4. The first-order chi connectivity index (χ1) is 52.7. The van der Waals surface area contributed by atoms with Crippen molar-refractivity contribution in [2.75, 3.05) is 85.9 Å². The molecular formula is C86H117BN10NaO15. The maximum atomic E-state index is 14.6. The van der Waals surface area contributed by atoms with E-state index in [0.29, 0.717) is 89.3 Å². The number of carboxylic acid groups (broad SMARTS) is 2. The predicted octanol–water partition coefficient (Wildman–Crippen LogP) is 6.22. The largest absolute Gasteiger partial charge is 1.00 e. The van der Waals surface area contributed by atoms with Crippen LogP contribution in [0, 0.1) is 58.2 Å². The number of benzene rings is 5. The number of rotatable bonds is 28. The number of ether oxygens (including phenoxy) is 2. The Balaban J connectivity index is 0.000000309. The van der Waals surface area contributed by atoms with Gasteiger partial charge in [-0.25, -0.2) is 9.59 Å². The predicted molar refractivity (Wildman–Crippen MR) is 435 cm³/mol. The summed E-state index contributed by atoms with van der Waals surface area (Å²) in [7, 11) is 14.1. The molecule has 11 N–H and O–H groups in total. The van der Waals surface area contributed by atoms with Crippen LogP contribution >= 0.6 is 0 Å². The Labute approximate surface area is 691 Å².